The monoisotopic (exact) mass is 150 g/mol. The van der Waals surface area contributed by atoms with Gasteiger partial charge >= 0.3 is 0 Å². The van der Waals surface area contributed by atoms with Gasteiger partial charge < -0.3 is 5.73 Å². The van der Waals surface area contributed by atoms with E-state index in [4.69, 9.17) is 5.73 Å². The molecule has 0 atom stereocenters. The lowest BCUT2D eigenvalue weighted by molar-refractivity contribution is 0.0988. The van der Waals surface area contributed by atoms with E-state index in [2.05, 4.69) is 4.98 Å². The van der Waals surface area contributed by atoms with Crippen molar-refractivity contribution in [1.29, 1.82) is 0 Å². The van der Waals surface area contributed by atoms with Gasteiger partial charge in [-0.1, -0.05) is 6.92 Å². The number of nitrogens with zero attached hydrogens (tertiary/aromatic N) is 1. The molecule has 0 amide bonds. The number of nitrogen functional groups attached to an aromatic ring is 1. The van der Waals surface area contributed by atoms with Crippen molar-refractivity contribution in [2.45, 2.75) is 13.3 Å². The van der Waals surface area contributed by atoms with Crippen LogP contribution in [0.1, 0.15) is 23.7 Å². The number of hydrogen-bond donors (Lipinski definition) is 1. The highest BCUT2D eigenvalue weighted by Gasteiger charge is 2.01. The number of nitrogens with two attached hydrogens (primary N) is 1. The Hall–Kier alpha value is -1.38. The molecule has 2 N–H and O–H groups in total. The largest absolute Gasteiger partial charge is 0.384 e. The van der Waals surface area contributed by atoms with Crippen molar-refractivity contribution in [3.05, 3.63) is 23.9 Å². The normalized spacial score (nSPS) is 9.55. The van der Waals surface area contributed by atoms with E-state index in [0.717, 1.165) is 0 Å². The second kappa shape index (κ2) is 3.14. The average molecular weight is 150 g/mol. The van der Waals surface area contributed by atoms with Crippen molar-refractivity contribution in [2.75, 3.05) is 5.73 Å². The summed E-state index contributed by atoms with van der Waals surface area (Å²) < 4.78 is 0. The Kier molecular flexibility index (Phi) is 2.21. The van der Waals surface area contributed by atoms with Gasteiger partial charge in [0.1, 0.15) is 5.82 Å². The fourth-order valence-corrected chi connectivity index (χ4v) is 0.774. The van der Waals surface area contributed by atoms with E-state index in [9.17, 15) is 4.79 Å². The molecule has 0 saturated carbocycles. The Morgan fingerprint density at radius 3 is 2.82 bits per heavy atom. The molecule has 58 valence electrons. The van der Waals surface area contributed by atoms with Crippen LogP contribution in [0.5, 0.6) is 0 Å². The smallest absolute Gasteiger partial charge is 0.164 e. The first-order valence-corrected chi connectivity index (χ1v) is 3.48. The molecule has 1 rings (SSSR count). The molecule has 0 saturated heterocycles. The van der Waals surface area contributed by atoms with Crippen LogP contribution in [0.15, 0.2) is 18.3 Å². The maximum atomic E-state index is 11.0. The molecule has 1 aromatic heterocycles. The zero-order valence-corrected chi connectivity index (χ0v) is 6.37. The molecule has 11 heavy (non-hydrogen) atoms. The van der Waals surface area contributed by atoms with Crippen LogP contribution in [0, 0.1) is 0 Å². The van der Waals surface area contributed by atoms with E-state index < -0.39 is 0 Å². The number of rotatable bonds is 2. The molecule has 0 aliphatic rings. The van der Waals surface area contributed by atoms with Crippen LogP contribution >= 0.6 is 0 Å². The first-order valence-electron chi connectivity index (χ1n) is 3.48. The lowest BCUT2D eigenvalue weighted by Gasteiger charge is -1.96. The van der Waals surface area contributed by atoms with Crippen molar-refractivity contribution >= 4 is 11.6 Å². The Balaban J connectivity index is 2.90. The Labute approximate surface area is 65.2 Å². The summed E-state index contributed by atoms with van der Waals surface area (Å²) in [6, 6.07) is 3.32. The fraction of sp³-hybridized carbons (Fsp3) is 0.250. The van der Waals surface area contributed by atoms with Crippen molar-refractivity contribution < 1.29 is 4.79 Å². The number of anilines is 1. The molecule has 3 heteroatoms. The number of Topliss-reactive ketones (excluding diaryl/α,β-unsaturated/α-hetero) is 1. The molecule has 3 nitrogen and oxygen atoms in total. The highest BCUT2D eigenvalue weighted by molar-refractivity contribution is 5.95. The van der Waals surface area contributed by atoms with Gasteiger partial charge in [0.25, 0.3) is 0 Å². The highest BCUT2D eigenvalue weighted by Crippen LogP contribution is 2.03. The minimum atomic E-state index is 0.0949. The number of ketones is 1. The molecule has 0 unspecified atom stereocenters. The van der Waals surface area contributed by atoms with Gasteiger partial charge in [-0.2, -0.15) is 0 Å². The number of hydrogen-bond acceptors (Lipinski definition) is 3. The average Bonchev–Trinajstić information content (AvgIpc) is 2.05. The van der Waals surface area contributed by atoms with E-state index in [1.807, 2.05) is 6.92 Å². The second-order valence-electron chi connectivity index (χ2n) is 2.25. The fourth-order valence-electron chi connectivity index (χ4n) is 0.774. The van der Waals surface area contributed by atoms with Gasteiger partial charge in [-0.15, -0.1) is 0 Å². The first kappa shape index (κ1) is 7.72. The Morgan fingerprint density at radius 1 is 1.64 bits per heavy atom. The summed E-state index contributed by atoms with van der Waals surface area (Å²) in [6.45, 7) is 1.82. The topological polar surface area (TPSA) is 56.0 Å². The SMILES string of the molecule is CCC(=O)c1ccc(N)nc1. The lowest BCUT2D eigenvalue weighted by atomic mass is 10.1. The number of aromatic nitrogens is 1. The molecule has 0 bridgehead atoms. The molecular formula is C8H10N2O. The van der Waals surface area contributed by atoms with E-state index in [1.54, 1.807) is 12.1 Å². The van der Waals surface area contributed by atoms with E-state index in [0.29, 0.717) is 17.8 Å². The van der Waals surface area contributed by atoms with E-state index in [1.165, 1.54) is 6.20 Å². The molecule has 0 aromatic carbocycles. The molecule has 0 radical (unpaired) electrons. The van der Waals surface area contributed by atoms with Gasteiger partial charge in [0, 0.05) is 18.2 Å². The number of pyridine rings is 1. The van der Waals surface area contributed by atoms with Crippen LogP contribution in [0.3, 0.4) is 0 Å². The minimum Gasteiger partial charge on any atom is -0.384 e. The van der Waals surface area contributed by atoms with Gasteiger partial charge in [0.2, 0.25) is 0 Å². The quantitative estimate of drug-likeness (QED) is 0.645. The van der Waals surface area contributed by atoms with Crippen molar-refractivity contribution in [3.8, 4) is 0 Å². The van der Waals surface area contributed by atoms with Crippen LogP contribution in [0.4, 0.5) is 5.82 Å². The van der Waals surface area contributed by atoms with Crippen molar-refractivity contribution in [1.82, 2.24) is 4.98 Å². The maximum absolute atomic E-state index is 11.0. The van der Waals surface area contributed by atoms with Crippen LogP contribution < -0.4 is 5.73 Å². The Morgan fingerprint density at radius 2 is 2.36 bits per heavy atom. The minimum absolute atomic E-state index is 0.0949. The maximum Gasteiger partial charge on any atom is 0.164 e. The second-order valence-corrected chi connectivity index (χ2v) is 2.25. The van der Waals surface area contributed by atoms with Crippen LogP contribution in [-0.2, 0) is 0 Å². The number of carbonyl (C=O) groups is 1. The van der Waals surface area contributed by atoms with Crippen molar-refractivity contribution in [2.24, 2.45) is 0 Å². The molecule has 1 heterocycles. The molecule has 0 fully saturated rings. The molecule has 1 aromatic rings. The first-order chi connectivity index (χ1) is 5.24. The zero-order valence-electron chi connectivity index (χ0n) is 6.37. The molecule has 0 spiro atoms. The summed E-state index contributed by atoms with van der Waals surface area (Å²) >= 11 is 0. The summed E-state index contributed by atoms with van der Waals surface area (Å²) in [5.41, 5.74) is 5.97. The molecular weight excluding hydrogens is 140 g/mol. The van der Waals surface area contributed by atoms with Crippen LogP contribution in [0.2, 0.25) is 0 Å². The van der Waals surface area contributed by atoms with E-state index >= 15 is 0 Å². The summed E-state index contributed by atoms with van der Waals surface area (Å²) in [5.74, 6) is 0.537. The third-order valence-corrected chi connectivity index (χ3v) is 1.43. The Bertz CT molecular complexity index is 253. The van der Waals surface area contributed by atoms with E-state index in [-0.39, 0.29) is 5.78 Å². The molecule has 0 aliphatic heterocycles. The van der Waals surface area contributed by atoms with Gasteiger partial charge in [-0.05, 0) is 12.1 Å². The third kappa shape index (κ3) is 1.77. The van der Waals surface area contributed by atoms with Crippen molar-refractivity contribution in [3.63, 3.8) is 0 Å². The summed E-state index contributed by atoms with van der Waals surface area (Å²) in [7, 11) is 0. The summed E-state index contributed by atoms with van der Waals surface area (Å²) in [5, 5.41) is 0. The highest BCUT2D eigenvalue weighted by atomic mass is 16.1. The van der Waals surface area contributed by atoms with Gasteiger partial charge in [-0.3, -0.25) is 4.79 Å². The standard InChI is InChI=1S/C8H10N2O/c1-2-7(11)6-3-4-8(9)10-5-6/h3-5H,2H2,1H3,(H2,9,10). The predicted octanol–water partition coefficient (Wildman–Crippen LogP) is 1.26. The van der Waals surface area contributed by atoms with Crippen LogP contribution in [0.25, 0.3) is 0 Å². The third-order valence-electron chi connectivity index (χ3n) is 1.43. The van der Waals surface area contributed by atoms with Gasteiger partial charge in [0.15, 0.2) is 5.78 Å². The lowest BCUT2D eigenvalue weighted by Crippen LogP contribution is -1.98. The van der Waals surface area contributed by atoms with Gasteiger partial charge in [-0.25, -0.2) is 4.98 Å². The molecule has 0 aliphatic carbocycles. The van der Waals surface area contributed by atoms with Gasteiger partial charge in [0.05, 0.1) is 0 Å². The summed E-state index contributed by atoms with van der Waals surface area (Å²) in [4.78, 5) is 14.8. The van der Waals surface area contributed by atoms with Crippen LogP contribution in [-0.4, -0.2) is 10.8 Å². The summed E-state index contributed by atoms with van der Waals surface area (Å²) in [6.07, 6.45) is 2.01. The number of carbonyl (C=O) groups excluding carboxylic acids is 1. The predicted molar refractivity (Wildman–Crippen MR) is 43.3 cm³/mol. The zero-order chi connectivity index (χ0) is 8.27.